The molecule has 0 rings (SSSR count). The zero-order valence-corrected chi connectivity index (χ0v) is 9.30. The Morgan fingerprint density at radius 2 is 1.75 bits per heavy atom. The van der Waals surface area contributed by atoms with Crippen LogP contribution in [-0.2, 0) is 0 Å². The summed E-state index contributed by atoms with van der Waals surface area (Å²) in [7, 11) is 0. The van der Waals surface area contributed by atoms with Crippen LogP contribution in [0.3, 0.4) is 0 Å². The SMILES string of the molecule is CC=CC(CCC)C(C)C(C)C. The van der Waals surface area contributed by atoms with E-state index in [2.05, 4.69) is 46.8 Å². The number of hydrogen-bond acceptors (Lipinski definition) is 0. The third kappa shape index (κ3) is 3.94. The lowest BCUT2D eigenvalue weighted by atomic mass is 9.82. The highest BCUT2D eigenvalue weighted by atomic mass is 14.2. The van der Waals surface area contributed by atoms with E-state index in [-0.39, 0.29) is 0 Å². The lowest BCUT2D eigenvalue weighted by Crippen LogP contribution is -2.14. The molecule has 0 aromatic carbocycles. The Morgan fingerprint density at radius 3 is 2.08 bits per heavy atom. The third-order valence-corrected chi connectivity index (χ3v) is 2.79. The average Bonchev–Trinajstić information content (AvgIpc) is 2.03. The molecule has 2 unspecified atom stereocenters. The zero-order valence-electron chi connectivity index (χ0n) is 9.30. The molecule has 0 fully saturated rings. The molecule has 72 valence electrons. The van der Waals surface area contributed by atoms with Crippen LogP contribution in [0.1, 0.15) is 47.5 Å². The van der Waals surface area contributed by atoms with E-state index in [1.165, 1.54) is 12.8 Å². The molecule has 0 bridgehead atoms. The van der Waals surface area contributed by atoms with Crippen LogP contribution in [0, 0.1) is 17.8 Å². The summed E-state index contributed by atoms with van der Waals surface area (Å²) in [5.41, 5.74) is 0. The first-order valence-electron chi connectivity index (χ1n) is 5.26. The van der Waals surface area contributed by atoms with Crippen molar-refractivity contribution in [2.75, 3.05) is 0 Å². The molecule has 0 heteroatoms. The molecule has 0 aliphatic rings. The minimum atomic E-state index is 0.792. The van der Waals surface area contributed by atoms with E-state index in [0.29, 0.717) is 0 Å². The van der Waals surface area contributed by atoms with Crippen LogP contribution in [0.5, 0.6) is 0 Å². The van der Waals surface area contributed by atoms with Gasteiger partial charge in [0.05, 0.1) is 0 Å². The van der Waals surface area contributed by atoms with Crippen LogP contribution >= 0.6 is 0 Å². The van der Waals surface area contributed by atoms with Crippen molar-refractivity contribution in [3.63, 3.8) is 0 Å². The summed E-state index contributed by atoms with van der Waals surface area (Å²) >= 11 is 0. The molecule has 0 heterocycles. The summed E-state index contributed by atoms with van der Waals surface area (Å²) < 4.78 is 0. The second-order valence-electron chi connectivity index (χ2n) is 4.08. The molecule has 0 spiro atoms. The first kappa shape index (κ1) is 11.7. The van der Waals surface area contributed by atoms with Crippen LogP contribution in [0.25, 0.3) is 0 Å². The molecular weight excluding hydrogens is 144 g/mol. The zero-order chi connectivity index (χ0) is 9.56. The first-order chi connectivity index (χ1) is 5.63. The van der Waals surface area contributed by atoms with E-state index < -0.39 is 0 Å². The lowest BCUT2D eigenvalue weighted by Gasteiger charge is -2.23. The van der Waals surface area contributed by atoms with Crippen molar-refractivity contribution < 1.29 is 0 Å². The molecule has 0 aliphatic heterocycles. The quantitative estimate of drug-likeness (QED) is 0.538. The summed E-state index contributed by atoms with van der Waals surface area (Å²) in [5.74, 6) is 2.42. The molecule has 0 saturated heterocycles. The van der Waals surface area contributed by atoms with Gasteiger partial charge in [0, 0.05) is 0 Å². The van der Waals surface area contributed by atoms with Crippen LogP contribution in [0.2, 0.25) is 0 Å². The summed E-state index contributed by atoms with van der Waals surface area (Å²) in [4.78, 5) is 0. The van der Waals surface area contributed by atoms with Gasteiger partial charge in [0.1, 0.15) is 0 Å². The predicted molar refractivity (Wildman–Crippen MR) is 57.2 cm³/mol. The van der Waals surface area contributed by atoms with Gasteiger partial charge in [-0.2, -0.15) is 0 Å². The standard InChI is InChI=1S/C12H24/c1-6-8-12(9-7-2)11(5)10(3)4/h6,8,10-12H,7,9H2,1-5H3. The number of hydrogen-bond donors (Lipinski definition) is 0. The van der Waals surface area contributed by atoms with Gasteiger partial charge >= 0.3 is 0 Å². The van der Waals surface area contributed by atoms with E-state index in [4.69, 9.17) is 0 Å². The van der Waals surface area contributed by atoms with Gasteiger partial charge in [0.2, 0.25) is 0 Å². The Labute approximate surface area is 78.1 Å². The Bertz CT molecular complexity index is 122. The molecule has 12 heavy (non-hydrogen) atoms. The average molecular weight is 168 g/mol. The molecule has 0 aliphatic carbocycles. The van der Waals surface area contributed by atoms with Crippen molar-refractivity contribution in [3.8, 4) is 0 Å². The first-order valence-corrected chi connectivity index (χ1v) is 5.26. The van der Waals surface area contributed by atoms with Crippen LogP contribution in [0.4, 0.5) is 0 Å². The topological polar surface area (TPSA) is 0 Å². The highest BCUT2D eigenvalue weighted by Gasteiger charge is 2.16. The third-order valence-electron chi connectivity index (χ3n) is 2.79. The van der Waals surface area contributed by atoms with E-state index in [1.54, 1.807) is 0 Å². The Balaban J connectivity index is 4.08. The smallest absolute Gasteiger partial charge is 0.0206 e. The van der Waals surface area contributed by atoms with Gasteiger partial charge < -0.3 is 0 Å². The van der Waals surface area contributed by atoms with E-state index in [1.807, 2.05) is 0 Å². The fraction of sp³-hybridized carbons (Fsp3) is 0.833. The summed E-state index contributed by atoms with van der Waals surface area (Å²) in [6.45, 7) is 11.4. The number of allylic oxidation sites excluding steroid dienone is 2. The van der Waals surface area contributed by atoms with Crippen molar-refractivity contribution in [2.24, 2.45) is 17.8 Å². The van der Waals surface area contributed by atoms with E-state index in [9.17, 15) is 0 Å². The van der Waals surface area contributed by atoms with Gasteiger partial charge in [0.25, 0.3) is 0 Å². The van der Waals surface area contributed by atoms with Crippen molar-refractivity contribution in [2.45, 2.75) is 47.5 Å². The molecule has 2 atom stereocenters. The van der Waals surface area contributed by atoms with Crippen LogP contribution in [0.15, 0.2) is 12.2 Å². The maximum Gasteiger partial charge on any atom is -0.0206 e. The van der Waals surface area contributed by atoms with E-state index >= 15 is 0 Å². The molecule has 0 aromatic heterocycles. The van der Waals surface area contributed by atoms with Crippen molar-refractivity contribution in [3.05, 3.63) is 12.2 Å². The van der Waals surface area contributed by atoms with Gasteiger partial charge in [-0.1, -0.05) is 46.3 Å². The van der Waals surface area contributed by atoms with Crippen molar-refractivity contribution in [1.29, 1.82) is 0 Å². The van der Waals surface area contributed by atoms with Gasteiger partial charge in [-0.05, 0) is 31.1 Å². The predicted octanol–water partition coefficient (Wildman–Crippen LogP) is 4.27. The normalized spacial score (nSPS) is 17.2. The van der Waals surface area contributed by atoms with Gasteiger partial charge in [-0.3, -0.25) is 0 Å². The Kier molecular flexibility index (Phi) is 6.14. The molecule has 0 saturated carbocycles. The van der Waals surface area contributed by atoms with Gasteiger partial charge in [-0.25, -0.2) is 0 Å². The summed E-state index contributed by atoms with van der Waals surface area (Å²) in [6.07, 6.45) is 7.20. The molecule has 0 N–H and O–H groups in total. The molecule has 0 aromatic rings. The Morgan fingerprint density at radius 1 is 1.17 bits per heavy atom. The van der Waals surface area contributed by atoms with Crippen LogP contribution in [-0.4, -0.2) is 0 Å². The number of rotatable bonds is 5. The minimum absolute atomic E-state index is 0.792. The van der Waals surface area contributed by atoms with Gasteiger partial charge in [-0.15, -0.1) is 0 Å². The minimum Gasteiger partial charge on any atom is -0.0914 e. The molecule has 0 amide bonds. The van der Waals surface area contributed by atoms with Crippen molar-refractivity contribution >= 4 is 0 Å². The monoisotopic (exact) mass is 168 g/mol. The van der Waals surface area contributed by atoms with E-state index in [0.717, 1.165) is 17.8 Å². The second kappa shape index (κ2) is 6.28. The molecule has 0 radical (unpaired) electrons. The maximum absolute atomic E-state index is 2.37. The summed E-state index contributed by atoms with van der Waals surface area (Å²) in [5, 5.41) is 0. The largest absolute Gasteiger partial charge is 0.0914 e. The highest BCUT2D eigenvalue weighted by Crippen LogP contribution is 2.25. The second-order valence-corrected chi connectivity index (χ2v) is 4.08. The Hall–Kier alpha value is -0.260. The van der Waals surface area contributed by atoms with Crippen molar-refractivity contribution in [1.82, 2.24) is 0 Å². The lowest BCUT2D eigenvalue weighted by molar-refractivity contribution is 0.308. The molecular formula is C12H24. The fourth-order valence-electron chi connectivity index (χ4n) is 1.61. The summed E-state index contributed by atoms with van der Waals surface area (Å²) in [6, 6.07) is 0. The molecule has 0 nitrogen and oxygen atoms in total. The maximum atomic E-state index is 2.37. The van der Waals surface area contributed by atoms with Gasteiger partial charge in [0.15, 0.2) is 0 Å². The highest BCUT2D eigenvalue weighted by molar-refractivity contribution is 4.88. The van der Waals surface area contributed by atoms with Crippen LogP contribution < -0.4 is 0 Å². The fourth-order valence-corrected chi connectivity index (χ4v) is 1.61.